The molecule has 2 aliphatic rings. The van der Waals surface area contributed by atoms with Gasteiger partial charge in [0, 0.05) is 50.7 Å². The van der Waals surface area contributed by atoms with Gasteiger partial charge < -0.3 is 15.0 Å². The van der Waals surface area contributed by atoms with Crippen LogP contribution in [0.1, 0.15) is 36.8 Å². The number of hydrogen-bond donors (Lipinski definition) is 1. The molecule has 0 bridgehead atoms. The molecule has 3 heterocycles. The summed E-state index contributed by atoms with van der Waals surface area (Å²) in [4.78, 5) is 23.8. The first kappa shape index (κ1) is 19.8. The van der Waals surface area contributed by atoms with Crippen LogP contribution in [0, 0.1) is 12.8 Å². The predicted molar refractivity (Wildman–Crippen MR) is 113 cm³/mol. The summed E-state index contributed by atoms with van der Waals surface area (Å²) in [5.74, 6) is 0.989. The van der Waals surface area contributed by atoms with Crippen molar-refractivity contribution in [2.45, 2.75) is 38.0 Å². The van der Waals surface area contributed by atoms with E-state index >= 15 is 0 Å². The number of aryl methyl sites for hydroxylation is 1. The molecule has 0 radical (unpaired) electrons. The minimum atomic E-state index is -0.0431. The van der Waals surface area contributed by atoms with Crippen LogP contribution in [0.3, 0.4) is 0 Å². The number of hydrogen-bond acceptors (Lipinski definition) is 5. The molecule has 0 unspecified atom stereocenters. The molecule has 2 fully saturated rings. The molecule has 1 N–H and O–H groups in total. The Hall–Kier alpha value is -2.47. The van der Waals surface area contributed by atoms with Crippen LogP contribution in [-0.2, 0) is 14.9 Å². The van der Waals surface area contributed by atoms with Gasteiger partial charge in [-0.1, -0.05) is 24.3 Å². The molecule has 1 aromatic heterocycles. The molecule has 0 aliphatic carbocycles. The van der Waals surface area contributed by atoms with Crippen LogP contribution in [0.25, 0.3) is 0 Å². The van der Waals surface area contributed by atoms with Gasteiger partial charge in [-0.15, -0.1) is 0 Å². The van der Waals surface area contributed by atoms with Crippen molar-refractivity contribution in [3.05, 3.63) is 54.0 Å². The zero-order valence-corrected chi connectivity index (χ0v) is 17.1. The highest BCUT2D eigenvalue weighted by Gasteiger charge is 2.37. The third-order valence-corrected chi connectivity index (χ3v) is 6.43. The number of ether oxygens (including phenoxy) is 1. The maximum Gasteiger partial charge on any atom is 0.224 e. The van der Waals surface area contributed by atoms with Crippen molar-refractivity contribution in [3.63, 3.8) is 0 Å². The number of nitrogens with zero attached hydrogens (tertiary/aromatic N) is 3. The van der Waals surface area contributed by atoms with E-state index in [9.17, 15) is 4.79 Å². The van der Waals surface area contributed by atoms with Crippen LogP contribution in [0.5, 0.6) is 0 Å². The molecule has 6 nitrogen and oxygen atoms in total. The van der Waals surface area contributed by atoms with Crippen LogP contribution in [0.15, 0.2) is 42.9 Å². The Morgan fingerprint density at radius 1 is 1.28 bits per heavy atom. The van der Waals surface area contributed by atoms with E-state index < -0.39 is 0 Å². The highest BCUT2D eigenvalue weighted by molar-refractivity contribution is 5.79. The second-order valence-electron chi connectivity index (χ2n) is 8.27. The molecule has 1 amide bonds. The summed E-state index contributed by atoms with van der Waals surface area (Å²) in [5, 5.41) is 3.30. The molecule has 154 valence electrons. The summed E-state index contributed by atoms with van der Waals surface area (Å²) in [6, 6.07) is 8.55. The lowest BCUT2D eigenvalue weighted by atomic mass is 9.72. The van der Waals surface area contributed by atoms with Gasteiger partial charge in [0.15, 0.2) is 0 Å². The van der Waals surface area contributed by atoms with Crippen molar-refractivity contribution in [1.29, 1.82) is 0 Å². The van der Waals surface area contributed by atoms with Crippen molar-refractivity contribution in [2.75, 3.05) is 37.7 Å². The quantitative estimate of drug-likeness (QED) is 0.845. The highest BCUT2D eigenvalue weighted by atomic mass is 16.5. The van der Waals surface area contributed by atoms with E-state index in [0.717, 1.165) is 51.3 Å². The van der Waals surface area contributed by atoms with E-state index in [2.05, 4.69) is 51.4 Å². The fourth-order valence-corrected chi connectivity index (χ4v) is 4.73. The van der Waals surface area contributed by atoms with Gasteiger partial charge >= 0.3 is 0 Å². The molecule has 2 aliphatic heterocycles. The van der Waals surface area contributed by atoms with Crippen molar-refractivity contribution < 1.29 is 9.53 Å². The second-order valence-corrected chi connectivity index (χ2v) is 8.27. The number of amides is 1. The maximum absolute atomic E-state index is 13.1. The zero-order valence-electron chi connectivity index (χ0n) is 17.1. The van der Waals surface area contributed by atoms with Crippen LogP contribution in [0.2, 0.25) is 0 Å². The summed E-state index contributed by atoms with van der Waals surface area (Å²) in [6.07, 6.45) is 8.94. The SMILES string of the molecule is Cc1ccccc1C1(CNC(=O)[C@@H]2CCCN(c3cnccn3)C2)CCOCC1. The van der Waals surface area contributed by atoms with E-state index in [1.165, 1.54) is 11.1 Å². The molecule has 29 heavy (non-hydrogen) atoms. The lowest BCUT2D eigenvalue weighted by Crippen LogP contribution is -2.49. The van der Waals surface area contributed by atoms with E-state index in [1.807, 2.05) is 0 Å². The first-order valence-corrected chi connectivity index (χ1v) is 10.6. The molecule has 1 aromatic carbocycles. The Morgan fingerprint density at radius 3 is 2.86 bits per heavy atom. The number of piperidine rings is 1. The molecular weight excluding hydrogens is 364 g/mol. The molecule has 2 saturated heterocycles. The van der Waals surface area contributed by atoms with E-state index in [4.69, 9.17) is 4.74 Å². The monoisotopic (exact) mass is 394 g/mol. The number of rotatable bonds is 5. The molecule has 6 heteroatoms. The number of anilines is 1. The second kappa shape index (κ2) is 8.91. The van der Waals surface area contributed by atoms with Crippen LogP contribution in [-0.4, -0.2) is 48.7 Å². The van der Waals surface area contributed by atoms with Gasteiger partial charge in [0.25, 0.3) is 0 Å². The fraction of sp³-hybridized carbons (Fsp3) is 0.522. The number of aromatic nitrogens is 2. The Labute approximate surface area is 172 Å². The standard InChI is InChI=1S/C23H30N4O2/c1-18-5-2-3-7-20(18)23(8-13-29-14-9-23)17-26-22(28)19-6-4-12-27(16-19)21-15-24-10-11-25-21/h2-3,5,7,10-11,15,19H,4,6,8-9,12-14,16-17H2,1H3,(H,26,28)/t19-/m1/s1. The summed E-state index contributed by atoms with van der Waals surface area (Å²) in [6.45, 7) is 5.94. The molecule has 0 saturated carbocycles. The lowest BCUT2D eigenvalue weighted by molar-refractivity contribution is -0.125. The normalized spacial score (nSPS) is 21.6. The van der Waals surface area contributed by atoms with E-state index in [1.54, 1.807) is 18.6 Å². The average Bonchev–Trinajstić information content (AvgIpc) is 2.79. The molecule has 0 spiro atoms. The van der Waals surface area contributed by atoms with Gasteiger partial charge in [-0.2, -0.15) is 0 Å². The van der Waals surface area contributed by atoms with Crippen LogP contribution >= 0.6 is 0 Å². The Balaban J connectivity index is 1.44. The van der Waals surface area contributed by atoms with Gasteiger partial charge in [0.05, 0.1) is 12.1 Å². The molecule has 2 aromatic rings. The molecular formula is C23H30N4O2. The lowest BCUT2D eigenvalue weighted by Gasteiger charge is -2.39. The summed E-state index contributed by atoms with van der Waals surface area (Å²) >= 11 is 0. The Bertz CT molecular complexity index is 821. The summed E-state index contributed by atoms with van der Waals surface area (Å²) in [5.41, 5.74) is 2.59. The van der Waals surface area contributed by atoms with E-state index in [-0.39, 0.29) is 17.2 Å². The van der Waals surface area contributed by atoms with Gasteiger partial charge in [0.1, 0.15) is 5.82 Å². The van der Waals surface area contributed by atoms with Crippen molar-refractivity contribution >= 4 is 11.7 Å². The predicted octanol–water partition coefficient (Wildman–Crippen LogP) is 2.87. The van der Waals surface area contributed by atoms with Gasteiger partial charge in [-0.25, -0.2) is 4.98 Å². The molecule has 1 atom stereocenters. The average molecular weight is 395 g/mol. The maximum atomic E-state index is 13.1. The highest BCUT2D eigenvalue weighted by Crippen LogP contribution is 2.36. The third kappa shape index (κ3) is 4.42. The van der Waals surface area contributed by atoms with Gasteiger partial charge in [-0.05, 0) is 43.7 Å². The zero-order chi connectivity index (χ0) is 20.1. The minimum Gasteiger partial charge on any atom is -0.381 e. The van der Waals surface area contributed by atoms with Crippen molar-refractivity contribution in [1.82, 2.24) is 15.3 Å². The van der Waals surface area contributed by atoms with Crippen molar-refractivity contribution in [2.24, 2.45) is 5.92 Å². The first-order valence-electron chi connectivity index (χ1n) is 10.6. The third-order valence-electron chi connectivity index (χ3n) is 6.43. The van der Waals surface area contributed by atoms with Crippen LogP contribution in [0.4, 0.5) is 5.82 Å². The Kier molecular flexibility index (Phi) is 6.09. The smallest absolute Gasteiger partial charge is 0.224 e. The summed E-state index contributed by atoms with van der Waals surface area (Å²) < 4.78 is 5.64. The number of carbonyl (C=O) groups is 1. The van der Waals surface area contributed by atoms with E-state index in [0.29, 0.717) is 13.1 Å². The Morgan fingerprint density at radius 2 is 2.10 bits per heavy atom. The minimum absolute atomic E-state index is 0.0143. The number of nitrogens with one attached hydrogen (secondary N) is 1. The first-order chi connectivity index (χ1) is 14.2. The molecule has 4 rings (SSSR count). The summed E-state index contributed by atoms with van der Waals surface area (Å²) in [7, 11) is 0. The number of benzene rings is 1. The van der Waals surface area contributed by atoms with Crippen molar-refractivity contribution in [3.8, 4) is 0 Å². The van der Waals surface area contributed by atoms with Gasteiger partial charge in [0.2, 0.25) is 5.91 Å². The van der Waals surface area contributed by atoms with Crippen LogP contribution < -0.4 is 10.2 Å². The van der Waals surface area contributed by atoms with Gasteiger partial charge in [-0.3, -0.25) is 9.78 Å². The largest absolute Gasteiger partial charge is 0.381 e. The fourth-order valence-electron chi connectivity index (χ4n) is 4.73. The number of carbonyl (C=O) groups excluding carboxylic acids is 1. The topological polar surface area (TPSA) is 67.4 Å².